The SMILES string of the molecule is CC[SiH2]NCCCN. The molecular weight excluding hydrogens is 116 g/mol. The van der Waals surface area contributed by atoms with Crippen LogP contribution in [0.3, 0.4) is 0 Å². The van der Waals surface area contributed by atoms with Crippen LogP contribution in [0.5, 0.6) is 0 Å². The van der Waals surface area contributed by atoms with E-state index in [0.717, 1.165) is 19.5 Å². The quantitative estimate of drug-likeness (QED) is 0.389. The van der Waals surface area contributed by atoms with Gasteiger partial charge in [-0.05, 0) is 19.5 Å². The van der Waals surface area contributed by atoms with Crippen LogP contribution in [-0.4, -0.2) is 22.8 Å². The first-order valence-corrected chi connectivity index (χ1v) is 5.03. The fourth-order valence-electron chi connectivity index (χ4n) is 0.529. The van der Waals surface area contributed by atoms with Crippen molar-refractivity contribution in [3.8, 4) is 0 Å². The molecule has 0 rings (SSSR count). The van der Waals surface area contributed by atoms with Gasteiger partial charge in [-0.15, -0.1) is 0 Å². The lowest BCUT2D eigenvalue weighted by Crippen LogP contribution is -2.21. The predicted octanol–water partition coefficient (Wildman–Crippen LogP) is -0.553. The molecule has 0 bridgehead atoms. The van der Waals surface area contributed by atoms with Crippen molar-refractivity contribution < 1.29 is 0 Å². The molecule has 2 nitrogen and oxygen atoms in total. The van der Waals surface area contributed by atoms with E-state index in [-0.39, 0.29) is 9.68 Å². The first-order valence-electron chi connectivity index (χ1n) is 3.32. The van der Waals surface area contributed by atoms with E-state index in [0.29, 0.717) is 0 Å². The summed E-state index contributed by atoms with van der Waals surface area (Å²) >= 11 is 0. The summed E-state index contributed by atoms with van der Waals surface area (Å²) in [5.74, 6) is 0. The summed E-state index contributed by atoms with van der Waals surface area (Å²) < 4.78 is 0. The Morgan fingerprint density at radius 1 is 1.62 bits per heavy atom. The largest absolute Gasteiger partial charge is 0.342 e. The summed E-state index contributed by atoms with van der Waals surface area (Å²) in [5, 5.41) is 0. The third kappa shape index (κ3) is 6.14. The molecule has 0 radical (unpaired) electrons. The molecule has 0 aliphatic heterocycles. The third-order valence-electron chi connectivity index (χ3n) is 0.984. The second kappa shape index (κ2) is 7.14. The van der Waals surface area contributed by atoms with E-state index in [1.807, 2.05) is 0 Å². The van der Waals surface area contributed by atoms with Crippen LogP contribution in [0, 0.1) is 0 Å². The zero-order chi connectivity index (χ0) is 6.24. The molecule has 0 saturated carbocycles. The Morgan fingerprint density at radius 3 is 2.88 bits per heavy atom. The van der Waals surface area contributed by atoms with Crippen LogP contribution >= 0.6 is 0 Å². The van der Waals surface area contributed by atoms with Gasteiger partial charge in [-0.2, -0.15) is 0 Å². The van der Waals surface area contributed by atoms with Gasteiger partial charge in [-0.25, -0.2) is 0 Å². The van der Waals surface area contributed by atoms with Gasteiger partial charge in [0.2, 0.25) is 0 Å². The Morgan fingerprint density at radius 2 is 2.38 bits per heavy atom. The molecule has 0 spiro atoms. The minimum atomic E-state index is 0.0958. The minimum Gasteiger partial charge on any atom is -0.342 e. The molecule has 0 aromatic heterocycles. The summed E-state index contributed by atoms with van der Waals surface area (Å²) in [4.78, 5) is 3.39. The van der Waals surface area contributed by atoms with Gasteiger partial charge in [0.1, 0.15) is 0 Å². The van der Waals surface area contributed by atoms with E-state index in [1.54, 1.807) is 0 Å². The minimum absolute atomic E-state index is 0.0958. The normalized spacial score (nSPS) is 11.2. The van der Waals surface area contributed by atoms with Crippen molar-refractivity contribution in [1.29, 1.82) is 0 Å². The first kappa shape index (κ1) is 8.14. The van der Waals surface area contributed by atoms with Gasteiger partial charge < -0.3 is 10.7 Å². The van der Waals surface area contributed by atoms with Gasteiger partial charge in [-0.1, -0.05) is 13.0 Å². The molecule has 0 heterocycles. The molecule has 0 aliphatic carbocycles. The molecule has 0 atom stereocenters. The smallest absolute Gasteiger partial charge is 0.0913 e. The summed E-state index contributed by atoms with van der Waals surface area (Å²) in [5.41, 5.74) is 5.29. The van der Waals surface area contributed by atoms with Gasteiger partial charge >= 0.3 is 0 Å². The van der Waals surface area contributed by atoms with Crippen molar-refractivity contribution in [3.05, 3.63) is 0 Å². The van der Waals surface area contributed by atoms with Crippen molar-refractivity contribution in [2.45, 2.75) is 19.4 Å². The van der Waals surface area contributed by atoms with Crippen LogP contribution in [0.4, 0.5) is 0 Å². The van der Waals surface area contributed by atoms with Crippen LogP contribution < -0.4 is 10.7 Å². The summed E-state index contributed by atoms with van der Waals surface area (Å²) in [7, 11) is 0.0958. The maximum Gasteiger partial charge on any atom is 0.0913 e. The van der Waals surface area contributed by atoms with Crippen molar-refractivity contribution in [2.24, 2.45) is 5.73 Å². The summed E-state index contributed by atoms with van der Waals surface area (Å²) in [6, 6.07) is 1.35. The molecule has 0 amide bonds. The Labute approximate surface area is 53.7 Å². The van der Waals surface area contributed by atoms with Crippen molar-refractivity contribution in [2.75, 3.05) is 13.1 Å². The molecule has 8 heavy (non-hydrogen) atoms. The highest BCUT2D eigenvalue weighted by molar-refractivity contribution is 6.31. The lowest BCUT2D eigenvalue weighted by atomic mass is 10.4. The fraction of sp³-hybridized carbons (Fsp3) is 1.00. The molecular formula is C5H16N2Si. The van der Waals surface area contributed by atoms with Crippen LogP contribution in [-0.2, 0) is 0 Å². The zero-order valence-electron chi connectivity index (χ0n) is 5.61. The van der Waals surface area contributed by atoms with E-state index >= 15 is 0 Å². The number of nitrogens with one attached hydrogen (secondary N) is 1. The molecule has 0 fully saturated rings. The Balaban J connectivity index is 2.53. The first-order chi connectivity index (χ1) is 3.91. The standard InChI is InChI=1S/C5H16N2Si/c1-2-8-7-5-3-4-6/h7H,2-6,8H2,1H3. The van der Waals surface area contributed by atoms with Gasteiger partial charge in [-0.3, -0.25) is 0 Å². The average molecular weight is 132 g/mol. The van der Waals surface area contributed by atoms with Gasteiger partial charge in [0.05, 0.1) is 9.68 Å². The number of hydrogen-bond acceptors (Lipinski definition) is 2. The number of hydrogen-bond donors (Lipinski definition) is 2. The molecule has 0 aromatic rings. The number of nitrogens with two attached hydrogens (primary N) is 1. The molecule has 3 heteroatoms. The molecule has 0 aromatic carbocycles. The van der Waals surface area contributed by atoms with Crippen LogP contribution in [0.2, 0.25) is 6.04 Å². The van der Waals surface area contributed by atoms with Crippen molar-refractivity contribution in [1.82, 2.24) is 4.98 Å². The molecule has 3 N–H and O–H groups in total. The van der Waals surface area contributed by atoms with E-state index in [2.05, 4.69) is 11.9 Å². The number of rotatable bonds is 5. The predicted molar refractivity (Wildman–Crippen MR) is 40.7 cm³/mol. The van der Waals surface area contributed by atoms with Crippen molar-refractivity contribution >= 4 is 9.68 Å². The summed E-state index contributed by atoms with van der Waals surface area (Å²) in [6.45, 7) is 4.18. The van der Waals surface area contributed by atoms with Gasteiger partial charge in [0, 0.05) is 0 Å². The molecule has 50 valence electrons. The lowest BCUT2D eigenvalue weighted by Gasteiger charge is -1.97. The highest BCUT2D eigenvalue weighted by Crippen LogP contribution is 1.70. The topological polar surface area (TPSA) is 38.0 Å². The summed E-state index contributed by atoms with van der Waals surface area (Å²) in [6.07, 6.45) is 1.13. The van der Waals surface area contributed by atoms with E-state index in [4.69, 9.17) is 5.73 Å². The molecule has 0 saturated heterocycles. The van der Waals surface area contributed by atoms with E-state index in [1.165, 1.54) is 6.04 Å². The average Bonchev–Trinajstić information content (AvgIpc) is 1.81. The highest BCUT2D eigenvalue weighted by Gasteiger charge is 1.81. The second-order valence-corrected chi connectivity index (χ2v) is 3.89. The third-order valence-corrected chi connectivity index (χ3v) is 2.19. The lowest BCUT2D eigenvalue weighted by molar-refractivity contribution is 0.796. The Hall–Kier alpha value is 0.137. The maximum atomic E-state index is 5.29. The van der Waals surface area contributed by atoms with Gasteiger partial charge in [0.25, 0.3) is 0 Å². The Kier molecular flexibility index (Phi) is 7.26. The second-order valence-electron chi connectivity index (χ2n) is 1.89. The van der Waals surface area contributed by atoms with Crippen LogP contribution in [0.1, 0.15) is 13.3 Å². The molecule has 0 aliphatic rings. The van der Waals surface area contributed by atoms with Crippen molar-refractivity contribution in [3.63, 3.8) is 0 Å². The van der Waals surface area contributed by atoms with Crippen LogP contribution in [0.15, 0.2) is 0 Å². The highest BCUT2D eigenvalue weighted by atomic mass is 28.2. The van der Waals surface area contributed by atoms with E-state index in [9.17, 15) is 0 Å². The fourth-order valence-corrected chi connectivity index (χ4v) is 1.38. The maximum absolute atomic E-state index is 5.29. The molecule has 0 unspecified atom stereocenters. The monoisotopic (exact) mass is 132 g/mol. The van der Waals surface area contributed by atoms with E-state index < -0.39 is 0 Å². The van der Waals surface area contributed by atoms with Gasteiger partial charge in [0.15, 0.2) is 0 Å². The van der Waals surface area contributed by atoms with Crippen LogP contribution in [0.25, 0.3) is 0 Å². The Bertz CT molecular complexity index is 35.4. The zero-order valence-corrected chi connectivity index (χ0v) is 7.03.